The molecule has 1 saturated carbocycles. The van der Waals surface area contributed by atoms with E-state index >= 15 is 0 Å². The number of carboxylic acids is 1. The molecule has 2 N–H and O–H groups in total. The smallest absolute Gasteiger partial charge is 0.371 e. The van der Waals surface area contributed by atoms with Crippen LogP contribution in [0.2, 0.25) is 0 Å². The third kappa shape index (κ3) is 2.44. The molecular weight excluding hydrogens is 206 g/mol. The van der Waals surface area contributed by atoms with Crippen LogP contribution in [0.5, 0.6) is 0 Å². The maximum Gasteiger partial charge on any atom is 0.371 e. The third-order valence-electron chi connectivity index (χ3n) is 3.28. The molecule has 4 nitrogen and oxygen atoms in total. The van der Waals surface area contributed by atoms with Gasteiger partial charge in [-0.2, -0.15) is 0 Å². The number of furan rings is 1. The van der Waals surface area contributed by atoms with Gasteiger partial charge in [0, 0.05) is 6.54 Å². The van der Waals surface area contributed by atoms with Gasteiger partial charge in [-0.3, -0.25) is 0 Å². The highest BCUT2D eigenvalue weighted by Crippen LogP contribution is 2.39. The predicted molar refractivity (Wildman–Crippen MR) is 59.3 cm³/mol. The van der Waals surface area contributed by atoms with Crippen molar-refractivity contribution in [3.63, 3.8) is 0 Å². The molecule has 16 heavy (non-hydrogen) atoms. The molecule has 0 radical (unpaired) electrons. The van der Waals surface area contributed by atoms with Crippen molar-refractivity contribution in [3.05, 3.63) is 23.7 Å². The molecule has 0 spiro atoms. The normalized spacial score (nSPS) is 18.1. The van der Waals surface area contributed by atoms with Gasteiger partial charge >= 0.3 is 5.97 Å². The topological polar surface area (TPSA) is 62.5 Å². The summed E-state index contributed by atoms with van der Waals surface area (Å²) in [7, 11) is 0. The minimum Gasteiger partial charge on any atom is -0.475 e. The van der Waals surface area contributed by atoms with Gasteiger partial charge in [-0.25, -0.2) is 4.79 Å². The Kier molecular flexibility index (Phi) is 3.01. The van der Waals surface area contributed by atoms with Crippen LogP contribution in [0.3, 0.4) is 0 Å². The first-order chi connectivity index (χ1) is 7.59. The summed E-state index contributed by atoms with van der Waals surface area (Å²) in [5, 5.41) is 12.0. The highest BCUT2D eigenvalue weighted by atomic mass is 16.4. The Balaban J connectivity index is 1.78. The second-order valence-electron chi connectivity index (χ2n) is 4.84. The van der Waals surface area contributed by atoms with Crippen LogP contribution in [-0.2, 0) is 6.54 Å². The van der Waals surface area contributed by atoms with E-state index in [0.29, 0.717) is 17.7 Å². The summed E-state index contributed by atoms with van der Waals surface area (Å²) in [5.74, 6) is -0.329. The second-order valence-corrected chi connectivity index (χ2v) is 4.84. The van der Waals surface area contributed by atoms with Crippen LogP contribution in [-0.4, -0.2) is 17.6 Å². The molecular formula is C12H17NO3. The summed E-state index contributed by atoms with van der Waals surface area (Å²) in [6.07, 6.45) is 3.87. The molecule has 0 amide bonds. The number of nitrogens with one attached hydrogen (secondary N) is 1. The number of hydrogen-bond donors (Lipinski definition) is 2. The van der Waals surface area contributed by atoms with Crippen LogP contribution in [0.4, 0.5) is 0 Å². The van der Waals surface area contributed by atoms with Gasteiger partial charge in [-0.1, -0.05) is 13.3 Å². The summed E-state index contributed by atoms with van der Waals surface area (Å²) in [6, 6.07) is 3.20. The van der Waals surface area contributed by atoms with Crippen molar-refractivity contribution in [1.29, 1.82) is 0 Å². The number of carboxylic acid groups (broad SMARTS) is 1. The molecule has 0 aliphatic heterocycles. The van der Waals surface area contributed by atoms with E-state index in [9.17, 15) is 4.79 Å². The zero-order valence-electron chi connectivity index (χ0n) is 9.45. The largest absolute Gasteiger partial charge is 0.475 e. The maximum atomic E-state index is 10.6. The Morgan fingerprint density at radius 3 is 2.81 bits per heavy atom. The quantitative estimate of drug-likeness (QED) is 0.803. The Morgan fingerprint density at radius 2 is 2.31 bits per heavy atom. The van der Waals surface area contributed by atoms with Crippen LogP contribution in [0, 0.1) is 5.41 Å². The van der Waals surface area contributed by atoms with E-state index in [1.54, 1.807) is 6.07 Å². The summed E-state index contributed by atoms with van der Waals surface area (Å²) in [4.78, 5) is 10.6. The fourth-order valence-electron chi connectivity index (χ4n) is 2.03. The van der Waals surface area contributed by atoms with Crippen molar-refractivity contribution in [3.8, 4) is 0 Å². The molecule has 88 valence electrons. The molecule has 4 heteroatoms. The second kappa shape index (κ2) is 4.29. The minimum absolute atomic E-state index is 0.00616. The number of hydrogen-bond acceptors (Lipinski definition) is 3. The summed E-state index contributed by atoms with van der Waals surface area (Å²) >= 11 is 0. The van der Waals surface area contributed by atoms with Gasteiger partial charge in [0.2, 0.25) is 5.76 Å². The first-order valence-corrected chi connectivity index (χ1v) is 5.62. The molecule has 0 saturated heterocycles. The van der Waals surface area contributed by atoms with E-state index in [1.165, 1.54) is 25.3 Å². The van der Waals surface area contributed by atoms with Crippen molar-refractivity contribution in [2.75, 3.05) is 6.54 Å². The zero-order chi connectivity index (χ0) is 11.6. The van der Waals surface area contributed by atoms with Crippen molar-refractivity contribution in [2.45, 2.75) is 32.7 Å². The van der Waals surface area contributed by atoms with E-state index in [2.05, 4.69) is 12.2 Å². The van der Waals surface area contributed by atoms with Gasteiger partial charge in [-0.05, 0) is 30.4 Å². The lowest BCUT2D eigenvalue weighted by atomic mass is 9.70. The van der Waals surface area contributed by atoms with Crippen molar-refractivity contribution in [1.82, 2.24) is 5.32 Å². The van der Waals surface area contributed by atoms with Crippen molar-refractivity contribution >= 4 is 5.97 Å². The number of rotatable bonds is 5. The maximum absolute atomic E-state index is 10.6. The molecule has 1 heterocycles. The van der Waals surface area contributed by atoms with Gasteiger partial charge in [0.25, 0.3) is 0 Å². The van der Waals surface area contributed by atoms with Crippen LogP contribution < -0.4 is 5.32 Å². The van der Waals surface area contributed by atoms with E-state index in [1.807, 2.05) is 0 Å². The average molecular weight is 223 g/mol. The summed E-state index contributed by atoms with van der Waals surface area (Å²) in [6.45, 7) is 3.84. The minimum atomic E-state index is -1.02. The monoisotopic (exact) mass is 223 g/mol. The van der Waals surface area contributed by atoms with Gasteiger partial charge in [0.05, 0.1) is 6.54 Å². The lowest BCUT2D eigenvalue weighted by Gasteiger charge is -2.38. The number of aromatic carboxylic acids is 1. The fraction of sp³-hybridized carbons (Fsp3) is 0.583. The first kappa shape index (κ1) is 11.2. The number of carbonyl (C=O) groups is 1. The zero-order valence-corrected chi connectivity index (χ0v) is 9.45. The Bertz CT molecular complexity index is 379. The average Bonchev–Trinajstić information content (AvgIpc) is 2.64. The molecule has 1 aromatic rings. The third-order valence-corrected chi connectivity index (χ3v) is 3.28. The Morgan fingerprint density at radius 1 is 1.56 bits per heavy atom. The molecule has 0 bridgehead atoms. The van der Waals surface area contributed by atoms with Crippen LogP contribution in [0.15, 0.2) is 16.5 Å². The highest BCUT2D eigenvalue weighted by molar-refractivity contribution is 5.84. The van der Waals surface area contributed by atoms with Crippen molar-refractivity contribution < 1.29 is 14.3 Å². The Labute approximate surface area is 94.6 Å². The molecule has 1 aromatic heterocycles. The lowest BCUT2D eigenvalue weighted by Crippen LogP contribution is -2.36. The molecule has 0 unspecified atom stereocenters. The van der Waals surface area contributed by atoms with Crippen LogP contribution >= 0.6 is 0 Å². The molecule has 1 fully saturated rings. The molecule has 0 aromatic carbocycles. The highest BCUT2D eigenvalue weighted by Gasteiger charge is 2.30. The molecule has 2 rings (SSSR count). The Hall–Kier alpha value is -1.29. The summed E-state index contributed by atoms with van der Waals surface area (Å²) in [5.41, 5.74) is 0.433. The fourth-order valence-corrected chi connectivity index (χ4v) is 2.03. The van der Waals surface area contributed by atoms with Gasteiger partial charge in [0.1, 0.15) is 5.76 Å². The van der Waals surface area contributed by atoms with Gasteiger partial charge in [0.15, 0.2) is 0 Å². The molecule has 1 aliphatic rings. The summed E-state index contributed by atoms with van der Waals surface area (Å²) < 4.78 is 5.15. The standard InChI is InChI=1S/C12H17NO3/c1-12(5-2-6-12)8-13-7-9-3-4-10(16-9)11(14)15/h3-4,13H,2,5-8H2,1H3,(H,14,15). The molecule has 0 atom stereocenters. The molecule has 1 aliphatic carbocycles. The van der Waals surface area contributed by atoms with E-state index in [4.69, 9.17) is 9.52 Å². The predicted octanol–water partition coefficient (Wildman–Crippen LogP) is 2.26. The lowest BCUT2D eigenvalue weighted by molar-refractivity contribution is 0.0659. The van der Waals surface area contributed by atoms with E-state index < -0.39 is 5.97 Å². The van der Waals surface area contributed by atoms with Crippen LogP contribution in [0.1, 0.15) is 42.5 Å². The van der Waals surface area contributed by atoms with E-state index in [0.717, 1.165) is 6.54 Å². The first-order valence-electron chi connectivity index (χ1n) is 5.62. The van der Waals surface area contributed by atoms with Gasteiger partial charge < -0.3 is 14.8 Å². The van der Waals surface area contributed by atoms with E-state index in [-0.39, 0.29) is 5.76 Å². The SMILES string of the molecule is CC1(CNCc2ccc(C(=O)O)o2)CCC1. The van der Waals surface area contributed by atoms with Crippen LogP contribution in [0.25, 0.3) is 0 Å². The van der Waals surface area contributed by atoms with Crippen molar-refractivity contribution in [2.24, 2.45) is 5.41 Å². The van der Waals surface area contributed by atoms with Gasteiger partial charge in [-0.15, -0.1) is 0 Å².